The van der Waals surface area contributed by atoms with Crippen LogP contribution < -0.4 is 4.74 Å². The molecule has 1 atom stereocenters. The average molecular weight is 361 g/mol. The lowest BCUT2D eigenvalue weighted by atomic mass is 9.93. The minimum atomic E-state index is -0.342. The fourth-order valence-corrected chi connectivity index (χ4v) is 3.66. The van der Waals surface area contributed by atoms with E-state index in [4.69, 9.17) is 9.47 Å². The van der Waals surface area contributed by atoms with Crippen molar-refractivity contribution in [2.75, 3.05) is 20.3 Å². The highest BCUT2D eigenvalue weighted by Crippen LogP contribution is 2.25. The first kappa shape index (κ1) is 20.3. The van der Waals surface area contributed by atoms with Crippen molar-refractivity contribution in [1.82, 2.24) is 4.90 Å². The Morgan fingerprint density at radius 2 is 1.77 bits per heavy atom. The average Bonchev–Trinajstić information content (AvgIpc) is 2.65. The maximum absolute atomic E-state index is 12.9. The third-order valence-corrected chi connectivity index (χ3v) is 5.16. The molecule has 0 bridgehead atoms. The van der Waals surface area contributed by atoms with Gasteiger partial charge in [-0.3, -0.25) is 9.59 Å². The zero-order valence-corrected chi connectivity index (χ0v) is 16.4. The second-order valence-corrected chi connectivity index (χ2v) is 7.27. The van der Waals surface area contributed by atoms with Crippen molar-refractivity contribution in [2.24, 2.45) is 5.92 Å². The molecular weight excluding hydrogens is 330 g/mol. The van der Waals surface area contributed by atoms with Gasteiger partial charge in [0.2, 0.25) is 0 Å². The van der Waals surface area contributed by atoms with Crippen molar-refractivity contribution in [3.05, 3.63) is 29.3 Å². The molecule has 1 aliphatic rings. The summed E-state index contributed by atoms with van der Waals surface area (Å²) >= 11 is 0. The summed E-state index contributed by atoms with van der Waals surface area (Å²) in [5.41, 5.74) is 2.04. The Bertz CT molecular complexity index is 602. The Kier molecular flexibility index (Phi) is 7.49. The van der Waals surface area contributed by atoms with E-state index in [2.05, 4.69) is 0 Å². The van der Waals surface area contributed by atoms with Gasteiger partial charge in [-0.2, -0.15) is 0 Å². The van der Waals surface area contributed by atoms with Gasteiger partial charge in [0.1, 0.15) is 5.75 Å². The van der Waals surface area contributed by atoms with E-state index in [1.807, 2.05) is 36.9 Å². The van der Waals surface area contributed by atoms with Gasteiger partial charge in [-0.05, 0) is 37.8 Å². The smallest absolute Gasteiger partial charge is 0.310 e. The monoisotopic (exact) mass is 361 g/mol. The summed E-state index contributed by atoms with van der Waals surface area (Å²) in [6, 6.07) is 6.12. The van der Waals surface area contributed by atoms with Gasteiger partial charge in [0.15, 0.2) is 6.61 Å². The molecule has 0 heterocycles. The molecule has 0 radical (unpaired) electrons. The highest BCUT2D eigenvalue weighted by Gasteiger charge is 2.29. The minimum Gasteiger partial charge on any atom is -0.483 e. The first-order chi connectivity index (χ1) is 12.4. The van der Waals surface area contributed by atoms with Crippen LogP contribution in [0.5, 0.6) is 5.75 Å². The van der Waals surface area contributed by atoms with Gasteiger partial charge in [-0.25, -0.2) is 0 Å². The zero-order valence-electron chi connectivity index (χ0n) is 16.4. The number of esters is 1. The number of carbonyl (C=O) groups excluding carboxylic acids is 2. The Morgan fingerprint density at radius 1 is 1.15 bits per heavy atom. The highest BCUT2D eigenvalue weighted by molar-refractivity contribution is 5.79. The number of nitrogens with zero attached hydrogens (tertiary/aromatic N) is 1. The zero-order chi connectivity index (χ0) is 19.1. The summed E-state index contributed by atoms with van der Waals surface area (Å²) in [4.78, 5) is 26.6. The minimum absolute atomic E-state index is 0.00388. The number of hydrogen-bond acceptors (Lipinski definition) is 4. The summed E-state index contributed by atoms with van der Waals surface area (Å²) in [6.07, 6.45) is 5.44. The number of carbonyl (C=O) groups is 2. The van der Waals surface area contributed by atoms with Crippen molar-refractivity contribution in [2.45, 2.75) is 58.9 Å². The van der Waals surface area contributed by atoms with E-state index in [9.17, 15) is 9.59 Å². The molecule has 0 aromatic heterocycles. The molecule has 144 valence electrons. The van der Waals surface area contributed by atoms with E-state index in [0.29, 0.717) is 6.54 Å². The van der Waals surface area contributed by atoms with Crippen LogP contribution in [0.2, 0.25) is 0 Å². The molecule has 0 saturated heterocycles. The van der Waals surface area contributed by atoms with E-state index in [1.165, 1.54) is 13.5 Å². The number of hydrogen-bond donors (Lipinski definition) is 0. The number of methoxy groups -OCH3 is 1. The van der Waals surface area contributed by atoms with Gasteiger partial charge in [0.05, 0.1) is 13.0 Å². The van der Waals surface area contributed by atoms with Gasteiger partial charge >= 0.3 is 5.97 Å². The highest BCUT2D eigenvalue weighted by atomic mass is 16.5. The Balaban J connectivity index is 2.07. The molecule has 1 aliphatic carbocycles. The standard InChI is InChI=1S/C21H31NO4/c1-15-9-8-10-16(2)20(15)26-14-19(23)22(13-17(3)21(24)25-4)18-11-6-5-7-12-18/h8-10,17-18H,5-7,11-14H2,1-4H3. The van der Waals surface area contributed by atoms with Crippen LogP contribution in [0.3, 0.4) is 0 Å². The van der Waals surface area contributed by atoms with Crippen LogP contribution in [-0.4, -0.2) is 43.1 Å². The molecule has 1 fully saturated rings. The third-order valence-electron chi connectivity index (χ3n) is 5.16. The van der Waals surface area contributed by atoms with E-state index >= 15 is 0 Å². The lowest BCUT2D eigenvalue weighted by molar-refractivity contribution is -0.147. The van der Waals surface area contributed by atoms with Gasteiger partial charge in [-0.15, -0.1) is 0 Å². The number of rotatable bonds is 7. The Labute approximate surface area is 156 Å². The van der Waals surface area contributed by atoms with Gasteiger partial charge in [0.25, 0.3) is 5.91 Å². The van der Waals surface area contributed by atoms with Gasteiger partial charge < -0.3 is 14.4 Å². The number of amides is 1. The molecule has 0 N–H and O–H groups in total. The van der Waals surface area contributed by atoms with E-state index in [0.717, 1.165) is 42.6 Å². The molecule has 26 heavy (non-hydrogen) atoms. The maximum atomic E-state index is 12.9. The number of para-hydroxylation sites is 1. The summed E-state index contributed by atoms with van der Waals surface area (Å²) in [6.45, 7) is 6.14. The molecule has 0 aliphatic heterocycles. The van der Waals surface area contributed by atoms with Crippen LogP contribution in [0, 0.1) is 19.8 Å². The second kappa shape index (κ2) is 9.60. The maximum Gasteiger partial charge on any atom is 0.310 e. The van der Waals surface area contributed by atoms with Crippen LogP contribution in [0.25, 0.3) is 0 Å². The van der Waals surface area contributed by atoms with E-state index in [1.54, 1.807) is 6.92 Å². The summed E-state index contributed by atoms with van der Waals surface area (Å²) in [5.74, 6) is 0.0844. The predicted molar refractivity (Wildman–Crippen MR) is 101 cm³/mol. The molecular formula is C21H31NO4. The lowest BCUT2D eigenvalue weighted by Crippen LogP contribution is -2.47. The van der Waals surface area contributed by atoms with Crippen molar-refractivity contribution in [3.63, 3.8) is 0 Å². The quantitative estimate of drug-likeness (QED) is 0.696. The fourth-order valence-electron chi connectivity index (χ4n) is 3.66. The number of benzene rings is 1. The SMILES string of the molecule is COC(=O)C(C)CN(C(=O)COc1c(C)cccc1C)C1CCCCC1. The van der Waals surface area contributed by atoms with E-state index < -0.39 is 0 Å². The van der Waals surface area contributed by atoms with Crippen molar-refractivity contribution in [3.8, 4) is 5.75 Å². The molecule has 2 rings (SSSR count). The molecule has 1 saturated carbocycles. The molecule has 5 heteroatoms. The van der Waals surface area contributed by atoms with Crippen LogP contribution in [0.1, 0.15) is 50.2 Å². The van der Waals surface area contributed by atoms with Crippen molar-refractivity contribution >= 4 is 11.9 Å². The number of aryl methyl sites for hydroxylation is 2. The molecule has 1 amide bonds. The molecule has 1 aromatic carbocycles. The van der Waals surface area contributed by atoms with Gasteiger partial charge in [0, 0.05) is 12.6 Å². The summed E-state index contributed by atoms with van der Waals surface area (Å²) in [5, 5.41) is 0. The predicted octanol–water partition coefficient (Wildman–Crippen LogP) is 3.65. The van der Waals surface area contributed by atoms with Crippen molar-refractivity contribution < 1.29 is 19.1 Å². The van der Waals surface area contributed by atoms with E-state index in [-0.39, 0.29) is 30.4 Å². The topological polar surface area (TPSA) is 55.8 Å². The third kappa shape index (κ3) is 5.23. The first-order valence-corrected chi connectivity index (χ1v) is 9.50. The Morgan fingerprint density at radius 3 is 2.35 bits per heavy atom. The van der Waals surface area contributed by atoms with Crippen LogP contribution >= 0.6 is 0 Å². The van der Waals surface area contributed by atoms with Crippen LogP contribution in [0.15, 0.2) is 18.2 Å². The lowest BCUT2D eigenvalue weighted by Gasteiger charge is -2.35. The normalized spacial score (nSPS) is 16.0. The summed E-state index contributed by atoms with van der Waals surface area (Å²) < 4.78 is 10.7. The number of ether oxygens (including phenoxy) is 2. The molecule has 1 unspecified atom stereocenters. The van der Waals surface area contributed by atoms with Gasteiger partial charge in [-0.1, -0.05) is 44.4 Å². The molecule has 1 aromatic rings. The van der Waals surface area contributed by atoms with Crippen LogP contribution in [-0.2, 0) is 14.3 Å². The summed E-state index contributed by atoms with van der Waals surface area (Å²) in [7, 11) is 1.38. The first-order valence-electron chi connectivity index (χ1n) is 9.50. The van der Waals surface area contributed by atoms with Crippen molar-refractivity contribution in [1.29, 1.82) is 0 Å². The van der Waals surface area contributed by atoms with Crippen LogP contribution in [0.4, 0.5) is 0 Å². The largest absolute Gasteiger partial charge is 0.483 e. The molecule has 0 spiro atoms. The fraction of sp³-hybridized carbons (Fsp3) is 0.619. The Hall–Kier alpha value is -2.04. The second-order valence-electron chi connectivity index (χ2n) is 7.27. The molecule has 5 nitrogen and oxygen atoms in total.